The summed E-state index contributed by atoms with van der Waals surface area (Å²) in [5.41, 5.74) is 3.08. The number of carbonyl (C=O) groups is 1. The molecule has 1 aliphatic rings. The van der Waals surface area contributed by atoms with Gasteiger partial charge in [0.15, 0.2) is 0 Å². The van der Waals surface area contributed by atoms with Gasteiger partial charge in [0.25, 0.3) is 5.91 Å². The standard InChI is InChI=1S/C23H29ClN2O3S/c1-16(20-3-2-4-22(24)15-20)13-17-5-6-21(14-17)18-7-9-19(10-8-18)23(27)26-11-12-30(25,28)29/h2-4,7-10,15-17,21H,5-6,11-14H2,1H3,(H,26,27)(H2,25,28,29)/t16-,17?,21-/m0/s1. The normalized spacial score (nSPS) is 20.1. The average Bonchev–Trinajstić information content (AvgIpc) is 3.15. The molecule has 162 valence electrons. The van der Waals surface area contributed by atoms with Crippen molar-refractivity contribution in [2.45, 2.75) is 44.4 Å². The number of nitrogens with one attached hydrogen (secondary N) is 1. The van der Waals surface area contributed by atoms with Crippen LogP contribution in [0.15, 0.2) is 48.5 Å². The number of rotatable bonds is 8. The van der Waals surface area contributed by atoms with Crippen LogP contribution in [0.2, 0.25) is 5.02 Å². The van der Waals surface area contributed by atoms with Gasteiger partial charge in [0.1, 0.15) is 0 Å². The predicted molar refractivity (Wildman–Crippen MR) is 121 cm³/mol. The second kappa shape index (κ2) is 9.94. The van der Waals surface area contributed by atoms with Crippen LogP contribution in [0.3, 0.4) is 0 Å². The number of hydrogen-bond donors (Lipinski definition) is 2. The first kappa shape index (κ1) is 22.8. The molecule has 7 heteroatoms. The predicted octanol–water partition coefficient (Wildman–Crippen LogP) is 4.44. The number of primary sulfonamides is 1. The van der Waals surface area contributed by atoms with Gasteiger partial charge in [0.05, 0.1) is 5.75 Å². The highest BCUT2D eigenvalue weighted by Gasteiger charge is 2.27. The molecule has 0 radical (unpaired) electrons. The summed E-state index contributed by atoms with van der Waals surface area (Å²) in [5.74, 6) is 1.13. The fraction of sp³-hybridized carbons (Fsp3) is 0.435. The monoisotopic (exact) mass is 448 g/mol. The molecule has 5 nitrogen and oxygen atoms in total. The Balaban J connectivity index is 1.52. The lowest BCUT2D eigenvalue weighted by Gasteiger charge is -2.18. The fourth-order valence-electron chi connectivity index (χ4n) is 4.36. The van der Waals surface area contributed by atoms with Crippen molar-refractivity contribution in [1.29, 1.82) is 0 Å². The second-order valence-electron chi connectivity index (χ2n) is 8.31. The third-order valence-electron chi connectivity index (χ3n) is 5.96. The fourth-order valence-corrected chi connectivity index (χ4v) is 4.94. The van der Waals surface area contributed by atoms with E-state index in [4.69, 9.17) is 16.7 Å². The minimum Gasteiger partial charge on any atom is -0.351 e. The zero-order valence-electron chi connectivity index (χ0n) is 17.2. The Morgan fingerprint density at radius 3 is 2.60 bits per heavy atom. The van der Waals surface area contributed by atoms with Crippen LogP contribution >= 0.6 is 11.6 Å². The van der Waals surface area contributed by atoms with Gasteiger partial charge in [-0.3, -0.25) is 4.79 Å². The molecule has 1 unspecified atom stereocenters. The Kier molecular flexibility index (Phi) is 7.55. The van der Waals surface area contributed by atoms with E-state index in [2.05, 4.69) is 24.4 Å². The third-order valence-corrected chi connectivity index (χ3v) is 6.97. The van der Waals surface area contributed by atoms with Gasteiger partial charge in [0, 0.05) is 17.1 Å². The Bertz CT molecular complexity index is 976. The first-order valence-electron chi connectivity index (χ1n) is 10.4. The Morgan fingerprint density at radius 2 is 1.93 bits per heavy atom. The minimum absolute atomic E-state index is 0.00847. The van der Waals surface area contributed by atoms with Crippen molar-refractivity contribution in [3.63, 3.8) is 0 Å². The van der Waals surface area contributed by atoms with Gasteiger partial charge in [-0.1, -0.05) is 42.8 Å². The maximum atomic E-state index is 12.1. The molecule has 3 N–H and O–H groups in total. The molecule has 0 saturated heterocycles. The average molecular weight is 449 g/mol. The summed E-state index contributed by atoms with van der Waals surface area (Å²) < 4.78 is 21.9. The maximum Gasteiger partial charge on any atom is 0.251 e. The highest BCUT2D eigenvalue weighted by molar-refractivity contribution is 7.89. The van der Waals surface area contributed by atoms with E-state index in [0.717, 1.165) is 24.3 Å². The minimum atomic E-state index is -3.58. The van der Waals surface area contributed by atoms with Crippen molar-refractivity contribution in [3.05, 3.63) is 70.2 Å². The summed E-state index contributed by atoms with van der Waals surface area (Å²) in [6.07, 6.45) is 4.68. The molecule has 1 saturated carbocycles. The highest BCUT2D eigenvalue weighted by Crippen LogP contribution is 2.42. The van der Waals surface area contributed by atoms with Gasteiger partial charge in [-0.15, -0.1) is 0 Å². The van der Waals surface area contributed by atoms with Crippen LogP contribution in [0.1, 0.15) is 65.9 Å². The van der Waals surface area contributed by atoms with Crippen LogP contribution in [0.25, 0.3) is 0 Å². The molecule has 1 fully saturated rings. The first-order chi connectivity index (χ1) is 14.2. The lowest BCUT2D eigenvalue weighted by Crippen LogP contribution is -2.31. The number of hydrogen-bond acceptors (Lipinski definition) is 3. The lowest BCUT2D eigenvalue weighted by atomic mass is 9.88. The van der Waals surface area contributed by atoms with E-state index in [-0.39, 0.29) is 18.2 Å². The van der Waals surface area contributed by atoms with E-state index in [0.29, 0.717) is 23.3 Å². The van der Waals surface area contributed by atoms with Crippen LogP contribution in [0.4, 0.5) is 0 Å². The van der Waals surface area contributed by atoms with E-state index in [9.17, 15) is 13.2 Å². The van der Waals surface area contributed by atoms with E-state index in [1.54, 1.807) is 0 Å². The molecule has 0 spiro atoms. The molecular weight excluding hydrogens is 420 g/mol. The van der Waals surface area contributed by atoms with Crippen LogP contribution in [0, 0.1) is 5.92 Å². The van der Waals surface area contributed by atoms with Gasteiger partial charge in [-0.05, 0) is 78.8 Å². The topological polar surface area (TPSA) is 89.3 Å². The van der Waals surface area contributed by atoms with E-state index >= 15 is 0 Å². The summed E-state index contributed by atoms with van der Waals surface area (Å²) in [6.45, 7) is 2.27. The van der Waals surface area contributed by atoms with Crippen LogP contribution < -0.4 is 10.5 Å². The molecule has 3 rings (SSSR count). The molecule has 1 amide bonds. The molecule has 0 aromatic heterocycles. The summed E-state index contributed by atoms with van der Waals surface area (Å²) in [5, 5.41) is 8.32. The van der Waals surface area contributed by atoms with Gasteiger partial charge in [0.2, 0.25) is 10.0 Å². The molecule has 1 aliphatic carbocycles. The largest absolute Gasteiger partial charge is 0.351 e. The highest BCUT2D eigenvalue weighted by atomic mass is 35.5. The molecular formula is C23H29ClN2O3S. The molecule has 2 aromatic rings. The second-order valence-corrected chi connectivity index (χ2v) is 10.5. The number of carbonyl (C=O) groups excluding carboxylic acids is 1. The number of benzene rings is 2. The van der Waals surface area contributed by atoms with Crippen molar-refractivity contribution < 1.29 is 13.2 Å². The lowest BCUT2D eigenvalue weighted by molar-refractivity contribution is 0.0956. The zero-order chi connectivity index (χ0) is 21.7. The molecule has 0 heterocycles. The Morgan fingerprint density at radius 1 is 1.20 bits per heavy atom. The van der Waals surface area contributed by atoms with Gasteiger partial charge < -0.3 is 5.32 Å². The van der Waals surface area contributed by atoms with Crippen molar-refractivity contribution in [2.75, 3.05) is 12.3 Å². The van der Waals surface area contributed by atoms with Crippen LogP contribution in [-0.2, 0) is 10.0 Å². The van der Waals surface area contributed by atoms with Gasteiger partial charge in [-0.2, -0.15) is 0 Å². The SMILES string of the molecule is C[C@@H](CC1CC[C@H](c2ccc(C(=O)NCCS(N)(=O)=O)cc2)C1)c1cccc(Cl)c1. The number of halogens is 1. The summed E-state index contributed by atoms with van der Waals surface area (Å²) in [7, 11) is -3.58. The van der Waals surface area contributed by atoms with Gasteiger partial charge in [-0.25, -0.2) is 13.6 Å². The summed E-state index contributed by atoms with van der Waals surface area (Å²) in [4.78, 5) is 12.1. The van der Waals surface area contributed by atoms with E-state index in [1.807, 2.05) is 36.4 Å². The first-order valence-corrected chi connectivity index (χ1v) is 12.4. The third kappa shape index (κ3) is 6.56. The van der Waals surface area contributed by atoms with Crippen molar-refractivity contribution in [3.8, 4) is 0 Å². The Labute approximate surface area is 184 Å². The molecule has 0 bridgehead atoms. The maximum absolute atomic E-state index is 12.1. The quantitative estimate of drug-likeness (QED) is 0.625. The zero-order valence-corrected chi connectivity index (χ0v) is 18.8. The number of nitrogens with two attached hydrogens (primary N) is 1. The smallest absolute Gasteiger partial charge is 0.251 e. The van der Waals surface area contributed by atoms with E-state index in [1.165, 1.54) is 17.5 Å². The number of sulfonamides is 1. The molecule has 3 atom stereocenters. The molecule has 2 aromatic carbocycles. The molecule has 30 heavy (non-hydrogen) atoms. The van der Waals surface area contributed by atoms with Crippen molar-refractivity contribution >= 4 is 27.5 Å². The summed E-state index contributed by atoms with van der Waals surface area (Å²) >= 11 is 6.13. The Hall–Kier alpha value is -1.89. The van der Waals surface area contributed by atoms with Crippen molar-refractivity contribution in [2.24, 2.45) is 11.1 Å². The van der Waals surface area contributed by atoms with Crippen LogP contribution in [-0.4, -0.2) is 26.6 Å². The van der Waals surface area contributed by atoms with Crippen molar-refractivity contribution in [1.82, 2.24) is 5.32 Å². The van der Waals surface area contributed by atoms with Crippen LogP contribution in [0.5, 0.6) is 0 Å². The van der Waals surface area contributed by atoms with E-state index < -0.39 is 10.0 Å². The van der Waals surface area contributed by atoms with Gasteiger partial charge >= 0.3 is 0 Å². The number of amides is 1. The summed E-state index contributed by atoms with van der Waals surface area (Å²) in [6, 6.07) is 15.8. The molecule has 0 aliphatic heterocycles.